The predicted molar refractivity (Wildman–Crippen MR) is 121 cm³/mol. The monoisotopic (exact) mass is 443 g/mol. The van der Waals surface area contributed by atoms with Gasteiger partial charge in [-0.3, -0.25) is 4.99 Å². The van der Waals surface area contributed by atoms with E-state index in [1.807, 2.05) is 37.3 Å². The summed E-state index contributed by atoms with van der Waals surface area (Å²) in [5.41, 5.74) is 1.53. The Morgan fingerprint density at radius 1 is 1.26 bits per heavy atom. The van der Waals surface area contributed by atoms with Crippen molar-refractivity contribution >= 4 is 27.4 Å². The molecular weight excluding hydrogens is 417 g/mol. The van der Waals surface area contributed by atoms with Crippen LogP contribution in [0.4, 0.5) is 4.39 Å². The lowest BCUT2D eigenvalue weighted by atomic mass is 10.1. The second kappa shape index (κ2) is 10.1. The zero-order valence-corrected chi connectivity index (χ0v) is 18.2. The van der Waals surface area contributed by atoms with Gasteiger partial charge in [-0.2, -0.15) is 0 Å². The largest absolute Gasteiger partial charge is 0.467 e. The third-order valence-corrected chi connectivity index (χ3v) is 6.20. The molecule has 0 spiro atoms. The lowest BCUT2D eigenvalue weighted by molar-refractivity contribution is -0.0172. The molecule has 3 N–H and O–H groups in total. The maximum atomic E-state index is 13.9. The molecule has 1 aromatic heterocycles. The van der Waals surface area contributed by atoms with Crippen LogP contribution >= 0.6 is 11.3 Å². The molecule has 0 saturated carbocycles. The second-order valence-corrected chi connectivity index (χ2v) is 8.38. The molecule has 0 aliphatic carbocycles. The third kappa shape index (κ3) is 5.33. The van der Waals surface area contributed by atoms with Crippen molar-refractivity contribution in [1.82, 2.24) is 10.6 Å². The summed E-state index contributed by atoms with van der Waals surface area (Å²) in [5, 5.41) is 18.1. The first-order valence-corrected chi connectivity index (χ1v) is 11.2. The minimum atomic E-state index is -0.670. The van der Waals surface area contributed by atoms with E-state index in [1.165, 1.54) is 12.1 Å². The van der Waals surface area contributed by atoms with Gasteiger partial charge in [-0.15, -0.1) is 11.3 Å². The number of guanidine groups is 1. The Morgan fingerprint density at radius 2 is 2.13 bits per heavy atom. The first-order valence-electron chi connectivity index (χ1n) is 10.3. The number of aliphatic hydroxyl groups is 1. The van der Waals surface area contributed by atoms with E-state index in [4.69, 9.17) is 9.47 Å². The van der Waals surface area contributed by atoms with E-state index in [1.54, 1.807) is 11.3 Å². The minimum absolute atomic E-state index is 0.179. The van der Waals surface area contributed by atoms with E-state index in [0.717, 1.165) is 26.1 Å². The van der Waals surface area contributed by atoms with Crippen molar-refractivity contribution in [1.29, 1.82) is 0 Å². The number of hydrogen-bond donors (Lipinski definition) is 3. The Morgan fingerprint density at radius 3 is 2.97 bits per heavy atom. The number of nitrogens with zero attached hydrogens (tertiary/aromatic N) is 1. The van der Waals surface area contributed by atoms with Crippen molar-refractivity contribution in [3.63, 3.8) is 0 Å². The number of ether oxygens (including phenoxy) is 2. The average molecular weight is 444 g/mol. The van der Waals surface area contributed by atoms with Crippen LogP contribution in [0.2, 0.25) is 0 Å². The highest BCUT2D eigenvalue weighted by atomic mass is 32.1. The molecule has 0 bridgehead atoms. The SMILES string of the molecule is CCNC(=NCC(O)c1cc2ccccc2s1)NCCc1cc(F)cc2c1OCOC2. The van der Waals surface area contributed by atoms with Crippen LogP contribution in [0, 0.1) is 5.82 Å². The number of fused-ring (bicyclic) bond motifs is 2. The lowest BCUT2D eigenvalue weighted by Gasteiger charge is -2.21. The van der Waals surface area contributed by atoms with Gasteiger partial charge in [0, 0.05) is 28.2 Å². The molecule has 6 nitrogen and oxygen atoms in total. The molecule has 8 heteroatoms. The average Bonchev–Trinajstić information content (AvgIpc) is 3.21. The molecule has 1 aliphatic heterocycles. The van der Waals surface area contributed by atoms with Crippen molar-refractivity contribution in [3.8, 4) is 5.75 Å². The van der Waals surface area contributed by atoms with Crippen molar-refractivity contribution in [2.75, 3.05) is 26.4 Å². The Bertz CT molecular complexity index is 1040. The Labute approximate surface area is 184 Å². The molecule has 2 aromatic carbocycles. The summed E-state index contributed by atoms with van der Waals surface area (Å²) in [6, 6.07) is 13.0. The number of aliphatic imine (C=N–C) groups is 1. The Kier molecular flexibility index (Phi) is 7.01. The summed E-state index contributed by atoms with van der Waals surface area (Å²) in [7, 11) is 0. The molecule has 1 aliphatic rings. The molecule has 0 radical (unpaired) electrons. The van der Waals surface area contributed by atoms with E-state index in [-0.39, 0.29) is 19.2 Å². The fourth-order valence-electron chi connectivity index (χ4n) is 3.53. The van der Waals surface area contributed by atoms with Crippen LogP contribution in [-0.2, 0) is 17.8 Å². The molecule has 4 rings (SSSR count). The number of benzene rings is 2. The fraction of sp³-hybridized carbons (Fsp3) is 0.348. The fourth-order valence-corrected chi connectivity index (χ4v) is 4.58. The highest BCUT2D eigenvalue weighted by Gasteiger charge is 2.17. The molecule has 164 valence electrons. The molecule has 1 unspecified atom stereocenters. The number of hydrogen-bond acceptors (Lipinski definition) is 5. The highest BCUT2D eigenvalue weighted by molar-refractivity contribution is 7.19. The quantitative estimate of drug-likeness (QED) is 0.383. The van der Waals surface area contributed by atoms with Crippen LogP contribution in [0.5, 0.6) is 5.75 Å². The standard InChI is InChI=1S/C23H26FN3O3S/c1-2-25-23(27-12-19(28)21-11-15-5-3-4-6-20(15)31-21)26-8-7-16-9-18(24)10-17-13-29-14-30-22(16)17/h3-6,9-11,19,28H,2,7-8,12-14H2,1H3,(H2,25,26,27). The van der Waals surface area contributed by atoms with Crippen molar-refractivity contribution in [2.45, 2.75) is 26.1 Å². The van der Waals surface area contributed by atoms with E-state index in [9.17, 15) is 9.50 Å². The normalized spacial score (nSPS) is 14.7. The lowest BCUT2D eigenvalue weighted by Crippen LogP contribution is -2.38. The molecular formula is C23H26FN3O3S. The smallest absolute Gasteiger partial charge is 0.191 e. The van der Waals surface area contributed by atoms with Crippen LogP contribution in [0.25, 0.3) is 10.1 Å². The van der Waals surface area contributed by atoms with Crippen LogP contribution in [0.3, 0.4) is 0 Å². The van der Waals surface area contributed by atoms with Gasteiger partial charge in [0.2, 0.25) is 0 Å². The van der Waals surface area contributed by atoms with Gasteiger partial charge in [-0.05, 0) is 48.6 Å². The van der Waals surface area contributed by atoms with Gasteiger partial charge >= 0.3 is 0 Å². The molecule has 0 fully saturated rings. The maximum absolute atomic E-state index is 13.9. The highest BCUT2D eigenvalue weighted by Crippen LogP contribution is 2.30. The number of nitrogens with one attached hydrogen (secondary N) is 2. The first kappa shape index (κ1) is 21.5. The Hall–Kier alpha value is -2.68. The summed E-state index contributed by atoms with van der Waals surface area (Å²) in [6.45, 7) is 4.01. The van der Waals surface area contributed by atoms with Gasteiger partial charge in [0.25, 0.3) is 0 Å². The topological polar surface area (TPSA) is 75.1 Å². The number of halogens is 1. The molecule has 0 amide bonds. The number of thiophene rings is 1. The summed E-state index contributed by atoms with van der Waals surface area (Å²) in [4.78, 5) is 5.42. The van der Waals surface area contributed by atoms with Gasteiger partial charge in [0.1, 0.15) is 17.7 Å². The van der Waals surface area contributed by atoms with Crippen LogP contribution < -0.4 is 15.4 Å². The summed E-state index contributed by atoms with van der Waals surface area (Å²) >= 11 is 1.58. The van der Waals surface area contributed by atoms with E-state index in [2.05, 4.69) is 15.6 Å². The van der Waals surface area contributed by atoms with E-state index >= 15 is 0 Å². The van der Waals surface area contributed by atoms with Gasteiger partial charge in [-0.1, -0.05) is 18.2 Å². The van der Waals surface area contributed by atoms with Gasteiger partial charge < -0.3 is 25.2 Å². The van der Waals surface area contributed by atoms with Gasteiger partial charge in [0.05, 0.1) is 13.2 Å². The van der Waals surface area contributed by atoms with Crippen LogP contribution in [0.15, 0.2) is 47.5 Å². The van der Waals surface area contributed by atoms with Crippen LogP contribution in [-0.4, -0.2) is 37.5 Å². The van der Waals surface area contributed by atoms with Gasteiger partial charge in [-0.25, -0.2) is 4.39 Å². The molecule has 3 aromatic rings. The zero-order chi connectivity index (χ0) is 21.6. The zero-order valence-electron chi connectivity index (χ0n) is 17.4. The first-order chi connectivity index (χ1) is 15.1. The van der Waals surface area contributed by atoms with Crippen LogP contribution in [0.1, 0.15) is 29.0 Å². The van der Waals surface area contributed by atoms with Crippen molar-refractivity contribution in [3.05, 3.63) is 64.3 Å². The summed E-state index contributed by atoms with van der Waals surface area (Å²) < 4.78 is 25.9. The molecule has 0 saturated heterocycles. The summed E-state index contributed by atoms with van der Waals surface area (Å²) in [6.07, 6.45) is -0.0971. The minimum Gasteiger partial charge on any atom is -0.467 e. The Balaban J connectivity index is 1.37. The van der Waals surface area contributed by atoms with Crippen molar-refractivity contribution < 1.29 is 19.0 Å². The third-order valence-electron chi connectivity index (χ3n) is 4.98. The molecule has 1 atom stereocenters. The van der Waals surface area contributed by atoms with E-state index in [0.29, 0.717) is 37.8 Å². The number of aliphatic hydroxyl groups excluding tert-OH is 1. The van der Waals surface area contributed by atoms with E-state index < -0.39 is 6.10 Å². The molecule has 31 heavy (non-hydrogen) atoms. The van der Waals surface area contributed by atoms with Crippen molar-refractivity contribution in [2.24, 2.45) is 4.99 Å². The maximum Gasteiger partial charge on any atom is 0.191 e. The molecule has 2 heterocycles. The summed E-state index contributed by atoms with van der Waals surface area (Å²) in [5.74, 6) is 1.02. The predicted octanol–water partition coefficient (Wildman–Crippen LogP) is 3.74. The van der Waals surface area contributed by atoms with Gasteiger partial charge in [0.15, 0.2) is 12.8 Å². The second-order valence-electron chi connectivity index (χ2n) is 7.26. The number of rotatable bonds is 7.